The zero-order valence-corrected chi connectivity index (χ0v) is 11.5. The van der Waals surface area contributed by atoms with Crippen LogP contribution in [0.5, 0.6) is 0 Å². The maximum absolute atomic E-state index is 11.3. The third-order valence-electron chi connectivity index (χ3n) is 3.91. The number of pyridine rings is 1. The maximum Gasteiger partial charge on any atom is 0.354 e. The summed E-state index contributed by atoms with van der Waals surface area (Å²) in [7, 11) is 0. The van der Waals surface area contributed by atoms with Crippen LogP contribution >= 0.6 is 0 Å². The fourth-order valence-corrected chi connectivity index (χ4v) is 2.94. The predicted molar refractivity (Wildman–Crippen MR) is 79.3 cm³/mol. The van der Waals surface area contributed by atoms with E-state index < -0.39 is 5.97 Å². The van der Waals surface area contributed by atoms with Crippen molar-refractivity contribution in [1.82, 2.24) is 4.98 Å². The summed E-state index contributed by atoms with van der Waals surface area (Å²) in [5, 5.41) is 10.3. The third kappa shape index (κ3) is 2.33. The lowest BCUT2D eigenvalue weighted by atomic mass is 9.99. The minimum Gasteiger partial charge on any atom is -0.477 e. The Labute approximate surface area is 118 Å². The summed E-state index contributed by atoms with van der Waals surface area (Å²) in [6, 6.07) is 9.47. The number of fused-ring (bicyclic) bond motifs is 1. The van der Waals surface area contributed by atoms with Crippen LogP contribution in [0.15, 0.2) is 30.3 Å². The van der Waals surface area contributed by atoms with E-state index in [1.165, 1.54) is 6.42 Å². The number of benzene rings is 1. The number of aromatic nitrogens is 1. The summed E-state index contributed by atoms with van der Waals surface area (Å²) in [5.74, 6) is -0.328. The molecule has 1 aromatic heterocycles. The highest BCUT2D eigenvalue weighted by Gasteiger charge is 2.20. The Morgan fingerprint density at radius 1 is 1.40 bits per heavy atom. The van der Waals surface area contributed by atoms with Crippen molar-refractivity contribution >= 4 is 22.6 Å². The monoisotopic (exact) mass is 270 g/mol. The molecular weight excluding hydrogens is 252 g/mol. The summed E-state index contributed by atoms with van der Waals surface area (Å²) in [6.45, 7) is 4.21. The number of aromatic carboxylic acids is 1. The van der Waals surface area contributed by atoms with Crippen molar-refractivity contribution in [1.29, 1.82) is 0 Å². The van der Waals surface area contributed by atoms with Gasteiger partial charge in [0.2, 0.25) is 0 Å². The normalized spacial score (nSPS) is 19.2. The molecule has 20 heavy (non-hydrogen) atoms. The van der Waals surface area contributed by atoms with Crippen LogP contribution in [-0.4, -0.2) is 29.1 Å². The molecule has 0 saturated carbocycles. The number of anilines is 1. The molecule has 0 aliphatic carbocycles. The predicted octanol–water partition coefficient (Wildman–Crippen LogP) is 3.17. The van der Waals surface area contributed by atoms with Crippen LogP contribution in [0.1, 0.15) is 30.3 Å². The van der Waals surface area contributed by atoms with E-state index in [0.29, 0.717) is 5.92 Å². The molecule has 1 aliphatic rings. The first-order chi connectivity index (χ1) is 9.65. The lowest BCUT2D eigenvalue weighted by Crippen LogP contribution is -2.34. The number of piperidine rings is 1. The molecule has 1 aromatic carbocycles. The van der Waals surface area contributed by atoms with Gasteiger partial charge >= 0.3 is 5.97 Å². The average molecular weight is 270 g/mol. The Morgan fingerprint density at radius 3 is 2.95 bits per heavy atom. The Morgan fingerprint density at radius 2 is 2.20 bits per heavy atom. The average Bonchev–Trinajstić information content (AvgIpc) is 2.46. The minimum atomic E-state index is -0.970. The molecule has 104 valence electrons. The first-order valence-corrected chi connectivity index (χ1v) is 7.03. The molecule has 3 rings (SSSR count). The first-order valence-electron chi connectivity index (χ1n) is 7.03. The molecule has 1 atom stereocenters. The van der Waals surface area contributed by atoms with E-state index in [0.717, 1.165) is 36.1 Å². The highest BCUT2D eigenvalue weighted by Crippen LogP contribution is 2.30. The van der Waals surface area contributed by atoms with Crippen LogP contribution in [0.2, 0.25) is 0 Å². The van der Waals surface area contributed by atoms with Crippen molar-refractivity contribution in [2.75, 3.05) is 18.0 Å². The Balaban J connectivity index is 2.14. The van der Waals surface area contributed by atoms with Gasteiger partial charge in [0.05, 0.1) is 5.52 Å². The topological polar surface area (TPSA) is 53.4 Å². The number of carboxylic acid groups (broad SMARTS) is 1. The fourth-order valence-electron chi connectivity index (χ4n) is 2.94. The van der Waals surface area contributed by atoms with Gasteiger partial charge in [-0.25, -0.2) is 9.78 Å². The van der Waals surface area contributed by atoms with Gasteiger partial charge in [-0.15, -0.1) is 0 Å². The molecule has 0 spiro atoms. The van der Waals surface area contributed by atoms with E-state index in [-0.39, 0.29) is 5.69 Å². The minimum absolute atomic E-state index is 0.122. The molecule has 4 heteroatoms. The van der Waals surface area contributed by atoms with Crippen molar-refractivity contribution in [3.05, 3.63) is 36.0 Å². The standard InChI is InChI=1S/C16H18N2O2/c1-11-5-4-8-18(10-11)15-9-14(16(19)20)17-13-7-3-2-6-12(13)15/h2-3,6-7,9,11H,4-5,8,10H2,1H3,(H,19,20). The first kappa shape index (κ1) is 12.9. The second-order valence-corrected chi connectivity index (χ2v) is 5.54. The molecule has 1 aliphatic heterocycles. The fraction of sp³-hybridized carbons (Fsp3) is 0.375. The molecule has 2 heterocycles. The molecular formula is C16H18N2O2. The van der Waals surface area contributed by atoms with Crippen molar-refractivity contribution in [3.63, 3.8) is 0 Å². The second-order valence-electron chi connectivity index (χ2n) is 5.54. The van der Waals surface area contributed by atoms with E-state index in [4.69, 9.17) is 0 Å². The van der Waals surface area contributed by atoms with Gasteiger partial charge in [0.1, 0.15) is 0 Å². The third-order valence-corrected chi connectivity index (χ3v) is 3.91. The number of hydrogen-bond donors (Lipinski definition) is 1. The van der Waals surface area contributed by atoms with Gasteiger partial charge in [0.15, 0.2) is 5.69 Å². The molecule has 2 aromatic rings. The lowest BCUT2D eigenvalue weighted by Gasteiger charge is -2.33. The molecule has 1 saturated heterocycles. The molecule has 0 bridgehead atoms. The molecule has 1 fully saturated rings. The van der Waals surface area contributed by atoms with Crippen molar-refractivity contribution in [2.24, 2.45) is 5.92 Å². The highest BCUT2D eigenvalue weighted by molar-refractivity contribution is 5.97. The number of nitrogens with zero attached hydrogens (tertiary/aromatic N) is 2. The molecule has 1 N–H and O–H groups in total. The number of rotatable bonds is 2. The number of para-hydroxylation sites is 1. The van der Waals surface area contributed by atoms with Crippen LogP contribution in [0.3, 0.4) is 0 Å². The van der Waals surface area contributed by atoms with Crippen LogP contribution in [-0.2, 0) is 0 Å². The van der Waals surface area contributed by atoms with Gasteiger partial charge in [0.25, 0.3) is 0 Å². The van der Waals surface area contributed by atoms with E-state index in [2.05, 4.69) is 16.8 Å². The highest BCUT2D eigenvalue weighted by atomic mass is 16.4. The Hall–Kier alpha value is -2.10. The van der Waals surface area contributed by atoms with Crippen molar-refractivity contribution < 1.29 is 9.90 Å². The van der Waals surface area contributed by atoms with Crippen LogP contribution < -0.4 is 4.90 Å². The van der Waals surface area contributed by atoms with E-state index in [1.54, 1.807) is 6.07 Å². The summed E-state index contributed by atoms with van der Waals surface area (Å²) in [4.78, 5) is 17.8. The molecule has 0 amide bonds. The molecule has 4 nitrogen and oxygen atoms in total. The van der Waals surface area contributed by atoms with Gasteiger partial charge < -0.3 is 10.0 Å². The largest absolute Gasteiger partial charge is 0.477 e. The quantitative estimate of drug-likeness (QED) is 0.910. The SMILES string of the molecule is CC1CCCN(c2cc(C(=O)O)nc3ccccc23)C1. The van der Waals surface area contributed by atoms with E-state index >= 15 is 0 Å². The van der Waals surface area contributed by atoms with Crippen LogP contribution in [0, 0.1) is 5.92 Å². The molecule has 0 radical (unpaired) electrons. The number of carboxylic acids is 1. The smallest absolute Gasteiger partial charge is 0.354 e. The van der Waals surface area contributed by atoms with Crippen LogP contribution in [0.25, 0.3) is 10.9 Å². The van der Waals surface area contributed by atoms with Gasteiger partial charge in [0, 0.05) is 24.2 Å². The Kier molecular flexibility index (Phi) is 3.30. The number of carbonyl (C=O) groups is 1. The lowest BCUT2D eigenvalue weighted by molar-refractivity contribution is 0.0691. The summed E-state index contributed by atoms with van der Waals surface area (Å²) < 4.78 is 0. The summed E-state index contributed by atoms with van der Waals surface area (Å²) in [5.41, 5.74) is 1.87. The zero-order chi connectivity index (χ0) is 14.1. The van der Waals surface area contributed by atoms with Gasteiger partial charge in [-0.1, -0.05) is 25.1 Å². The van der Waals surface area contributed by atoms with Gasteiger partial charge in [-0.3, -0.25) is 0 Å². The van der Waals surface area contributed by atoms with Crippen LogP contribution in [0.4, 0.5) is 5.69 Å². The van der Waals surface area contributed by atoms with Crippen molar-refractivity contribution in [3.8, 4) is 0 Å². The number of hydrogen-bond acceptors (Lipinski definition) is 3. The van der Waals surface area contributed by atoms with E-state index in [9.17, 15) is 9.90 Å². The molecule has 1 unspecified atom stereocenters. The summed E-state index contributed by atoms with van der Waals surface area (Å²) in [6.07, 6.45) is 2.39. The zero-order valence-electron chi connectivity index (χ0n) is 11.5. The van der Waals surface area contributed by atoms with Gasteiger partial charge in [-0.2, -0.15) is 0 Å². The maximum atomic E-state index is 11.3. The van der Waals surface area contributed by atoms with Crippen molar-refractivity contribution in [2.45, 2.75) is 19.8 Å². The van der Waals surface area contributed by atoms with Gasteiger partial charge in [-0.05, 0) is 30.9 Å². The second kappa shape index (κ2) is 5.12. The Bertz CT molecular complexity index is 654. The summed E-state index contributed by atoms with van der Waals surface area (Å²) >= 11 is 0. The van der Waals surface area contributed by atoms with E-state index in [1.807, 2.05) is 24.3 Å².